The lowest BCUT2D eigenvalue weighted by Gasteiger charge is -2.06. The second kappa shape index (κ2) is 10.1. The van der Waals surface area contributed by atoms with Crippen LogP contribution < -0.4 is 0 Å². The molecule has 0 saturated carbocycles. The molecule has 6 heterocycles. The van der Waals surface area contributed by atoms with Gasteiger partial charge in [0.15, 0.2) is 0 Å². The van der Waals surface area contributed by atoms with Gasteiger partial charge in [0.25, 0.3) is 11.8 Å². The average molecular weight is 599 g/mol. The van der Waals surface area contributed by atoms with Gasteiger partial charge < -0.3 is 8.83 Å². The number of fused-ring (bicyclic) bond motifs is 6. The zero-order valence-electron chi connectivity index (χ0n) is 24.6. The highest BCUT2D eigenvalue weighted by Gasteiger charge is 2.18. The molecule has 218 valence electrons. The van der Waals surface area contributed by atoms with Crippen molar-refractivity contribution in [3.05, 3.63) is 108 Å². The van der Waals surface area contributed by atoms with Crippen molar-refractivity contribution in [2.45, 2.75) is 13.8 Å². The Bertz CT molecular complexity index is 2460. The van der Waals surface area contributed by atoms with Crippen LogP contribution in [0, 0.1) is 13.8 Å². The minimum absolute atomic E-state index is 0.312. The first-order valence-corrected chi connectivity index (χ1v) is 14.7. The van der Waals surface area contributed by atoms with Gasteiger partial charge in [-0.3, -0.25) is 9.97 Å². The van der Waals surface area contributed by atoms with Crippen molar-refractivity contribution >= 4 is 43.6 Å². The Morgan fingerprint density at radius 2 is 0.935 bits per heavy atom. The fourth-order valence-corrected chi connectivity index (χ4v) is 5.91. The molecular weight excluding hydrogens is 576 g/mol. The molecule has 0 bridgehead atoms. The van der Waals surface area contributed by atoms with Crippen LogP contribution in [0.4, 0.5) is 0 Å². The summed E-state index contributed by atoms with van der Waals surface area (Å²) in [5.41, 5.74) is 8.09. The predicted octanol–water partition coefficient (Wildman–Crippen LogP) is 7.93. The van der Waals surface area contributed by atoms with Crippen LogP contribution in [-0.4, -0.2) is 40.3 Å². The van der Waals surface area contributed by atoms with Crippen molar-refractivity contribution in [3.8, 4) is 46.1 Å². The van der Waals surface area contributed by atoms with E-state index in [1.54, 1.807) is 12.4 Å². The first kappa shape index (κ1) is 26.0. The molecule has 10 nitrogen and oxygen atoms in total. The van der Waals surface area contributed by atoms with E-state index in [-0.39, 0.29) is 0 Å². The summed E-state index contributed by atoms with van der Waals surface area (Å²) in [4.78, 5) is 18.9. The lowest BCUT2D eigenvalue weighted by molar-refractivity contribution is 0.580. The summed E-state index contributed by atoms with van der Waals surface area (Å²) in [6.45, 7) is 4.15. The van der Waals surface area contributed by atoms with Crippen LogP contribution in [0.3, 0.4) is 0 Å². The molecule has 9 rings (SSSR count). The monoisotopic (exact) mass is 598 g/mol. The number of pyridine rings is 4. The zero-order valence-corrected chi connectivity index (χ0v) is 24.6. The van der Waals surface area contributed by atoms with E-state index in [9.17, 15) is 0 Å². The summed E-state index contributed by atoms with van der Waals surface area (Å²) in [7, 11) is 0. The SMILES string of the molecule is Cc1cc2ccc(-c3nnc(-c4cccc(-c5nnc(-c6ccc7cc(C)c8cccnc8c7n6)o5)c4)o3)nc2c2ncccc12. The largest absolute Gasteiger partial charge is 0.415 e. The van der Waals surface area contributed by atoms with E-state index in [0.717, 1.165) is 54.7 Å². The fraction of sp³-hybridized carbons (Fsp3) is 0.0556. The number of hydrogen-bond acceptors (Lipinski definition) is 10. The van der Waals surface area contributed by atoms with Gasteiger partial charge in [0, 0.05) is 45.1 Å². The van der Waals surface area contributed by atoms with Gasteiger partial charge >= 0.3 is 0 Å². The summed E-state index contributed by atoms with van der Waals surface area (Å²) in [5, 5.41) is 21.3. The highest BCUT2D eigenvalue weighted by atomic mass is 16.4. The first-order valence-electron chi connectivity index (χ1n) is 14.7. The van der Waals surface area contributed by atoms with Crippen LogP contribution in [0.15, 0.2) is 106 Å². The summed E-state index contributed by atoms with van der Waals surface area (Å²) in [5.74, 6) is 1.31. The third kappa shape index (κ3) is 4.19. The quantitative estimate of drug-likeness (QED) is 0.184. The fourth-order valence-electron chi connectivity index (χ4n) is 5.91. The van der Waals surface area contributed by atoms with Crippen LogP contribution >= 0.6 is 0 Å². The molecule has 0 saturated heterocycles. The minimum atomic E-state index is 0.312. The van der Waals surface area contributed by atoms with Crippen molar-refractivity contribution in [3.63, 3.8) is 0 Å². The van der Waals surface area contributed by atoms with E-state index >= 15 is 0 Å². The molecule has 9 aromatic rings. The topological polar surface area (TPSA) is 129 Å². The van der Waals surface area contributed by atoms with E-state index in [1.165, 1.54) is 0 Å². The molecule has 0 atom stereocenters. The van der Waals surface area contributed by atoms with E-state index in [0.29, 0.717) is 46.1 Å². The van der Waals surface area contributed by atoms with E-state index in [2.05, 4.69) is 56.3 Å². The Kier molecular flexibility index (Phi) is 5.69. The molecule has 0 fully saturated rings. The highest BCUT2D eigenvalue weighted by Crippen LogP contribution is 2.32. The van der Waals surface area contributed by atoms with Crippen LogP contribution in [0.1, 0.15) is 11.1 Å². The molecular formula is C36H22N8O2. The first-order chi connectivity index (χ1) is 22.6. The zero-order chi connectivity index (χ0) is 30.8. The Balaban J connectivity index is 1.04. The lowest BCUT2D eigenvalue weighted by Crippen LogP contribution is -1.90. The van der Waals surface area contributed by atoms with Gasteiger partial charge in [-0.15, -0.1) is 20.4 Å². The second-order valence-electron chi connectivity index (χ2n) is 11.1. The number of rotatable bonds is 4. The molecule has 46 heavy (non-hydrogen) atoms. The summed E-state index contributed by atoms with van der Waals surface area (Å²) < 4.78 is 12.2. The summed E-state index contributed by atoms with van der Waals surface area (Å²) >= 11 is 0. The van der Waals surface area contributed by atoms with Crippen LogP contribution in [0.5, 0.6) is 0 Å². The van der Waals surface area contributed by atoms with Gasteiger partial charge in [0.05, 0.1) is 22.1 Å². The van der Waals surface area contributed by atoms with Crippen molar-refractivity contribution in [1.29, 1.82) is 0 Å². The molecule has 0 aliphatic heterocycles. The number of nitrogens with zero attached hydrogens (tertiary/aromatic N) is 8. The Labute approximate surface area is 260 Å². The number of aryl methyl sites for hydroxylation is 2. The molecule has 0 amide bonds. The number of benzene rings is 3. The van der Waals surface area contributed by atoms with Crippen LogP contribution in [-0.2, 0) is 0 Å². The Morgan fingerprint density at radius 1 is 0.457 bits per heavy atom. The van der Waals surface area contributed by atoms with Crippen molar-refractivity contribution < 1.29 is 8.83 Å². The summed E-state index contributed by atoms with van der Waals surface area (Å²) in [6, 6.07) is 27.5. The number of hydrogen-bond donors (Lipinski definition) is 0. The smallest absolute Gasteiger partial charge is 0.266 e. The third-order valence-electron chi connectivity index (χ3n) is 8.16. The van der Waals surface area contributed by atoms with E-state index in [1.807, 2.05) is 72.8 Å². The summed E-state index contributed by atoms with van der Waals surface area (Å²) in [6.07, 6.45) is 3.55. The van der Waals surface area contributed by atoms with E-state index < -0.39 is 0 Å². The maximum absolute atomic E-state index is 6.10. The maximum atomic E-state index is 6.10. The molecule has 0 aliphatic carbocycles. The highest BCUT2D eigenvalue weighted by molar-refractivity contribution is 6.05. The van der Waals surface area contributed by atoms with Gasteiger partial charge in [-0.05, 0) is 79.6 Å². The van der Waals surface area contributed by atoms with E-state index in [4.69, 9.17) is 18.8 Å². The average Bonchev–Trinajstić information content (AvgIpc) is 3.80. The van der Waals surface area contributed by atoms with Crippen molar-refractivity contribution in [1.82, 2.24) is 40.3 Å². The molecule has 0 N–H and O–H groups in total. The van der Waals surface area contributed by atoms with Gasteiger partial charge in [-0.1, -0.05) is 30.3 Å². The predicted molar refractivity (Wildman–Crippen MR) is 175 cm³/mol. The molecule has 0 aliphatic rings. The lowest BCUT2D eigenvalue weighted by atomic mass is 10.0. The van der Waals surface area contributed by atoms with Crippen molar-refractivity contribution in [2.75, 3.05) is 0 Å². The molecule has 0 unspecified atom stereocenters. The molecule has 6 aromatic heterocycles. The van der Waals surface area contributed by atoms with Crippen molar-refractivity contribution in [2.24, 2.45) is 0 Å². The molecule has 0 radical (unpaired) electrons. The molecule has 10 heteroatoms. The van der Waals surface area contributed by atoms with Gasteiger partial charge in [0.1, 0.15) is 11.4 Å². The second-order valence-corrected chi connectivity index (χ2v) is 11.1. The Morgan fingerprint density at radius 3 is 1.43 bits per heavy atom. The minimum Gasteiger partial charge on any atom is -0.415 e. The maximum Gasteiger partial charge on any atom is 0.266 e. The number of aromatic nitrogens is 8. The molecule has 3 aromatic carbocycles. The Hall–Kier alpha value is -6.42. The van der Waals surface area contributed by atoms with Crippen LogP contribution in [0.2, 0.25) is 0 Å². The standard InChI is InChI=1S/C36H22N8O2/c1-19-16-21-10-12-27(39-29(21)31-25(19)8-4-14-37-31)35-43-41-33(45-35)23-6-3-7-24(18-23)34-42-44-36(46-34)28-13-11-22-17-20(2)26-9-5-15-38-32(26)30(22)40-28/h3-18H,1-2H3. The van der Waals surface area contributed by atoms with Gasteiger partial charge in [-0.2, -0.15) is 0 Å². The van der Waals surface area contributed by atoms with Gasteiger partial charge in [0.2, 0.25) is 11.8 Å². The molecule has 0 spiro atoms. The normalized spacial score (nSPS) is 11.7. The van der Waals surface area contributed by atoms with Crippen LogP contribution in [0.25, 0.3) is 89.7 Å². The van der Waals surface area contributed by atoms with Gasteiger partial charge in [-0.25, -0.2) is 9.97 Å². The third-order valence-corrected chi connectivity index (χ3v) is 8.16.